The van der Waals surface area contributed by atoms with Gasteiger partial charge in [0.1, 0.15) is 0 Å². The van der Waals surface area contributed by atoms with Crippen LogP contribution in [-0.4, -0.2) is 27.5 Å². The van der Waals surface area contributed by atoms with Gasteiger partial charge in [-0.05, 0) is 6.42 Å². The maximum Gasteiger partial charge on any atom is 1.00 e. The molecule has 0 aromatic rings. The second-order valence-electron chi connectivity index (χ2n) is 2.05. The number of rotatable bonds is 4. The van der Waals surface area contributed by atoms with Crippen LogP contribution in [0.3, 0.4) is 0 Å². The molecule has 0 saturated heterocycles. The molecule has 0 fully saturated rings. The SMILES string of the molecule is O=S(=O)([O-])CCC[Si]([O-])([O-])[O-].[K+].[K+].[Na+].[Na+]. The van der Waals surface area contributed by atoms with Crippen molar-refractivity contribution in [2.45, 2.75) is 12.5 Å². The summed E-state index contributed by atoms with van der Waals surface area (Å²) in [5.41, 5.74) is 0. The van der Waals surface area contributed by atoms with E-state index in [2.05, 4.69) is 0 Å². The average molecular weight is 322 g/mol. The summed E-state index contributed by atoms with van der Waals surface area (Å²) in [4.78, 5) is 29.8. The van der Waals surface area contributed by atoms with Gasteiger partial charge in [0.25, 0.3) is 0 Å². The maximum absolute atomic E-state index is 9.92. The van der Waals surface area contributed by atoms with Crippen LogP contribution in [0.25, 0.3) is 0 Å². The summed E-state index contributed by atoms with van der Waals surface area (Å²) in [5, 5.41) is 0. The van der Waals surface area contributed by atoms with E-state index in [1.807, 2.05) is 0 Å². The summed E-state index contributed by atoms with van der Waals surface area (Å²) in [5.74, 6) is -0.797. The number of hydrogen-bond donors (Lipinski definition) is 0. The van der Waals surface area contributed by atoms with E-state index in [1.165, 1.54) is 0 Å². The predicted molar refractivity (Wildman–Crippen MR) is 29.7 cm³/mol. The molecule has 0 aromatic heterocycles. The Morgan fingerprint density at radius 3 is 1.53 bits per heavy atom. The zero-order chi connectivity index (χ0) is 9.12. The van der Waals surface area contributed by atoms with Crippen molar-refractivity contribution in [1.82, 2.24) is 0 Å². The van der Waals surface area contributed by atoms with Crippen LogP contribution in [-0.2, 0) is 10.1 Å². The first kappa shape index (κ1) is 32.3. The van der Waals surface area contributed by atoms with Crippen LogP contribution in [0.15, 0.2) is 0 Å². The van der Waals surface area contributed by atoms with Crippen molar-refractivity contribution in [1.29, 1.82) is 0 Å². The van der Waals surface area contributed by atoms with E-state index in [0.717, 1.165) is 0 Å². The van der Waals surface area contributed by atoms with Crippen molar-refractivity contribution < 1.29 is 189 Å². The minimum Gasteiger partial charge on any atom is -0.881 e. The molecule has 15 heavy (non-hydrogen) atoms. The van der Waals surface area contributed by atoms with Gasteiger partial charge in [-0.25, -0.2) is 8.42 Å². The molecule has 6 nitrogen and oxygen atoms in total. The van der Waals surface area contributed by atoms with Gasteiger partial charge >= 0.3 is 162 Å². The Kier molecular flexibility index (Phi) is 33.7. The minimum absolute atomic E-state index is 0. The molecule has 0 aromatic carbocycles. The van der Waals surface area contributed by atoms with Gasteiger partial charge in [-0.1, -0.05) is 0 Å². The second-order valence-corrected chi connectivity index (χ2v) is 5.44. The van der Waals surface area contributed by atoms with Crippen molar-refractivity contribution >= 4 is 18.9 Å². The molecule has 0 rings (SSSR count). The molecule has 0 spiro atoms. The normalized spacial score (nSPS) is 9.87. The molecule has 0 aliphatic carbocycles. The molecule has 0 bridgehead atoms. The zero-order valence-electron chi connectivity index (χ0n) is 9.48. The van der Waals surface area contributed by atoms with Gasteiger partial charge in [0.05, 0.1) is 10.1 Å². The van der Waals surface area contributed by atoms with Crippen molar-refractivity contribution in [3.05, 3.63) is 0 Å². The van der Waals surface area contributed by atoms with E-state index in [1.54, 1.807) is 0 Å². The quantitative estimate of drug-likeness (QED) is 0.373. The van der Waals surface area contributed by atoms with E-state index in [4.69, 9.17) is 0 Å². The van der Waals surface area contributed by atoms with Crippen molar-refractivity contribution in [3.8, 4) is 0 Å². The van der Waals surface area contributed by atoms with Crippen LogP contribution in [0.1, 0.15) is 6.42 Å². The van der Waals surface area contributed by atoms with Gasteiger partial charge in [0, 0.05) is 5.75 Å². The van der Waals surface area contributed by atoms with E-state index in [-0.39, 0.29) is 162 Å². The molecule has 0 amide bonds. The Hall–Kier alpha value is 5.28. The van der Waals surface area contributed by atoms with Gasteiger partial charge in [-0.2, -0.15) is 0 Å². The first-order valence-electron chi connectivity index (χ1n) is 2.75. The molecule has 0 radical (unpaired) electrons. The van der Waals surface area contributed by atoms with E-state index >= 15 is 0 Å². The van der Waals surface area contributed by atoms with Crippen LogP contribution in [0.4, 0.5) is 0 Å². The third-order valence-electron chi connectivity index (χ3n) is 0.877. The first-order valence-corrected chi connectivity index (χ1v) is 6.26. The molecule has 0 unspecified atom stereocenters. The second kappa shape index (κ2) is 15.7. The molecule has 0 saturated carbocycles. The standard InChI is InChI=1S/C3H7O6SSi.2K.2Na/c4-10(5,6)2-1-3-11(7,8)9;;;;/h1-3H2,(H,4,5,6);;;;/q-3;4*+1/p-1. The Morgan fingerprint density at radius 2 is 1.33 bits per heavy atom. The van der Waals surface area contributed by atoms with E-state index in [0.29, 0.717) is 0 Å². The summed E-state index contributed by atoms with van der Waals surface area (Å²) < 4.78 is 29.6. The summed E-state index contributed by atoms with van der Waals surface area (Å²) in [6, 6.07) is -0.755. The first-order chi connectivity index (χ1) is 4.71. The van der Waals surface area contributed by atoms with Crippen LogP contribution in [0, 0.1) is 0 Å². The van der Waals surface area contributed by atoms with E-state index in [9.17, 15) is 27.4 Å². The molecule has 0 heterocycles. The molecule has 12 heteroatoms. The largest absolute Gasteiger partial charge is 1.00 e. The van der Waals surface area contributed by atoms with Gasteiger partial charge in [0.2, 0.25) is 0 Å². The molecular formula is C3H6K2Na2O6SSi. The summed E-state index contributed by atoms with van der Waals surface area (Å²) in [7, 11) is -9.30. The third-order valence-corrected chi connectivity index (χ3v) is 2.63. The smallest absolute Gasteiger partial charge is 0.881 e. The summed E-state index contributed by atoms with van der Waals surface area (Å²) in [6.07, 6.45) is -0.408. The van der Waals surface area contributed by atoms with Crippen LogP contribution in [0.2, 0.25) is 6.04 Å². The fraction of sp³-hybridized carbons (Fsp3) is 1.00. The Bertz CT molecular complexity index is 219. The van der Waals surface area contributed by atoms with Gasteiger partial charge < -0.3 is 18.9 Å². The van der Waals surface area contributed by atoms with Gasteiger partial charge in [0.15, 0.2) is 0 Å². The van der Waals surface area contributed by atoms with E-state index < -0.39 is 37.1 Å². The van der Waals surface area contributed by atoms with Crippen LogP contribution < -0.4 is 176 Å². The van der Waals surface area contributed by atoms with Crippen molar-refractivity contribution in [2.24, 2.45) is 0 Å². The third kappa shape index (κ3) is 32.6. The van der Waals surface area contributed by atoms with Crippen LogP contribution >= 0.6 is 0 Å². The van der Waals surface area contributed by atoms with Crippen LogP contribution in [0.5, 0.6) is 0 Å². The Balaban J connectivity index is -0.0000000833. The topological polar surface area (TPSA) is 126 Å². The average Bonchev–Trinajstić information content (AvgIpc) is 1.55. The predicted octanol–water partition coefficient (Wildman–Crippen LogP) is -16.0. The molecule has 0 atom stereocenters. The Labute approximate surface area is 220 Å². The molecule has 0 N–H and O–H groups in total. The minimum atomic E-state index is -4.91. The van der Waals surface area contributed by atoms with Crippen molar-refractivity contribution in [3.63, 3.8) is 0 Å². The van der Waals surface area contributed by atoms with Crippen molar-refractivity contribution in [2.75, 3.05) is 5.75 Å². The number of hydrogen-bond acceptors (Lipinski definition) is 6. The van der Waals surface area contributed by atoms with Gasteiger partial charge in [-0.15, -0.1) is 6.04 Å². The maximum atomic E-state index is 9.92. The molecular weight excluding hydrogens is 316 g/mol. The fourth-order valence-electron chi connectivity index (χ4n) is 0.465. The molecule has 68 valence electrons. The zero-order valence-corrected chi connectivity index (χ0v) is 21.5. The summed E-state index contributed by atoms with van der Waals surface area (Å²) in [6.45, 7) is 0. The monoisotopic (exact) mass is 322 g/mol. The molecule has 0 aliphatic rings. The molecule has 0 aliphatic heterocycles. The van der Waals surface area contributed by atoms with Gasteiger partial charge in [-0.3, -0.25) is 8.80 Å². The fourth-order valence-corrected chi connectivity index (χ4v) is 1.83. The summed E-state index contributed by atoms with van der Waals surface area (Å²) >= 11 is 0. The Morgan fingerprint density at radius 1 is 1.00 bits per heavy atom.